The molecule has 0 spiro atoms. The van der Waals surface area contributed by atoms with E-state index in [1.807, 2.05) is 24.3 Å². The third-order valence-electron chi connectivity index (χ3n) is 4.61. The lowest BCUT2D eigenvalue weighted by molar-refractivity contribution is -0.122. The maximum Gasteiger partial charge on any atom is 0.242 e. The zero-order valence-electron chi connectivity index (χ0n) is 15.1. The Bertz CT molecular complexity index is 719. The summed E-state index contributed by atoms with van der Waals surface area (Å²) in [7, 11) is 0. The number of hydrogen-bond acceptors (Lipinski definition) is 5. The highest BCUT2D eigenvalue weighted by Crippen LogP contribution is 2.27. The van der Waals surface area contributed by atoms with Crippen LogP contribution in [0.1, 0.15) is 50.4 Å². The lowest BCUT2D eigenvalue weighted by Gasteiger charge is -2.22. The summed E-state index contributed by atoms with van der Waals surface area (Å²) < 4.78 is 4.48. The van der Waals surface area contributed by atoms with E-state index in [9.17, 15) is 4.79 Å². The molecule has 1 fully saturated rings. The quantitative estimate of drug-likeness (QED) is 0.688. The van der Waals surface area contributed by atoms with Crippen LogP contribution in [-0.4, -0.2) is 34.4 Å². The molecule has 2 heterocycles. The van der Waals surface area contributed by atoms with E-state index in [1.165, 1.54) is 11.5 Å². The van der Waals surface area contributed by atoms with E-state index in [4.69, 9.17) is 11.6 Å². The third-order valence-corrected chi connectivity index (χ3v) is 5.66. The number of carbonyl (C=O) groups excluding carboxylic acids is 1. The zero-order chi connectivity index (χ0) is 18.4. The predicted octanol–water partition coefficient (Wildman–Crippen LogP) is 4.06. The Kier molecular flexibility index (Phi) is 6.86. The van der Waals surface area contributed by atoms with Gasteiger partial charge < -0.3 is 10.2 Å². The van der Waals surface area contributed by atoms with Crippen LogP contribution in [0.15, 0.2) is 24.3 Å². The van der Waals surface area contributed by atoms with Gasteiger partial charge in [0.25, 0.3) is 0 Å². The van der Waals surface area contributed by atoms with Crippen molar-refractivity contribution in [1.29, 1.82) is 0 Å². The van der Waals surface area contributed by atoms with E-state index in [1.54, 1.807) is 0 Å². The van der Waals surface area contributed by atoms with Gasteiger partial charge >= 0.3 is 0 Å². The number of benzene rings is 1. The molecule has 1 aromatic heterocycles. The normalized spacial score (nSPS) is 16.8. The van der Waals surface area contributed by atoms with E-state index < -0.39 is 0 Å². The number of aromatic nitrogens is 2. The van der Waals surface area contributed by atoms with Crippen LogP contribution in [0.3, 0.4) is 0 Å². The molecule has 26 heavy (non-hydrogen) atoms. The van der Waals surface area contributed by atoms with Crippen molar-refractivity contribution in [2.75, 3.05) is 18.0 Å². The van der Waals surface area contributed by atoms with Gasteiger partial charge in [0.2, 0.25) is 11.0 Å². The Labute approximate surface area is 163 Å². The molecule has 1 aromatic carbocycles. The summed E-state index contributed by atoms with van der Waals surface area (Å²) in [6.45, 7) is 3.79. The maximum atomic E-state index is 12.5. The zero-order valence-corrected chi connectivity index (χ0v) is 16.7. The van der Waals surface area contributed by atoms with Crippen molar-refractivity contribution in [2.24, 2.45) is 0 Å². The van der Waals surface area contributed by atoms with Gasteiger partial charge in [-0.05, 0) is 37.0 Å². The number of hydrogen-bond donors (Lipinski definition) is 1. The van der Waals surface area contributed by atoms with Gasteiger partial charge in [-0.25, -0.2) is 4.98 Å². The van der Waals surface area contributed by atoms with E-state index in [2.05, 4.69) is 26.5 Å². The predicted molar refractivity (Wildman–Crippen MR) is 107 cm³/mol. The molecule has 5 nitrogen and oxygen atoms in total. The minimum atomic E-state index is -0.118. The van der Waals surface area contributed by atoms with Gasteiger partial charge in [-0.3, -0.25) is 4.79 Å². The summed E-state index contributed by atoms with van der Waals surface area (Å²) in [6, 6.07) is 7.62. The molecule has 3 rings (SSSR count). The van der Waals surface area contributed by atoms with Gasteiger partial charge in [-0.1, -0.05) is 43.5 Å². The molecule has 1 aliphatic heterocycles. The van der Waals surface area contributed by atoms with Crippen molar-refractivity contribution in [3.05, 3.63) is 40.7 Å². The summed E-state index contributed by atoms with van der Waals surface area (Å²) in [6.07, 6.45) is 5.92. The van der Waals surface area contributed by atoms with Gasteiger partial charge in [-0.2, -0.15) is 4.37 Å². The Balaban J connectivity index is 1.60. The summed E-state index contributed by atoms with van der Waals surface area (Å²) >= 11 is 7.31. The van der Waals surface area contributed by atoms with Crippen molar-refractivity contribution >= 4 is 34.2 Å². The van der Waals surface area contributed by atoms with Gasteiger partial charge in [-0.15, -0.1) is 0 Å². The van der Waals surface area contributed by atoms with Crippen molar-refractivity contribution in [3.63, 3.8) is 0 Å². The highest BCUT2D eigenvalue weighted by atomic mass is 35.5. The Morgan fingerprint density at radius 2 is 2.15 bits per heavy atom. The molecular weight excluding hydrogens is 368 g/mol. The average molecular weight is 393 g/mol. The average Bonchev–Trinajstić information content (AvgIpc) is 3.29. The van der Waals surface area contributed by atoms with Crippen molar-refractivity contribution in [3.8, 4) is 0 Å². The fourth-order valence-corrected chi connectivity index (χ4v) is 4.08. The van der Waals surface area contributed by atoms with E-state index in [0.717, 1.165) is 66.7 Å². The van der Waals surface area contributed by atoms with Gasteiger partial charge in [0.15, 0.2) is 0 Å². The summed E-state index contributed by atoms with van der Waals surface area (Å²) in [4.78, 5) is 19.3. The highest BCUT2D eigenvalue weighted by molar-refractivity contribution is 7.09. The number of halogens is 1. The van der Waals surface area contributed by atoms with Gasteiger partial charge in [0.05, 0.1) is 0 Å². The van der Waals surface area contributed by atoms with E-state index in [-0.39, 0.29) is 11.9 Å². The lowest BCUT2D eigenvalue weighted by Crippen LogP contribution is -2.43. The second kappa shape index (κ2) is 9.33. The highest BCUT2D eigenvalue weighted by Gasteiger charge is 2.32. The molecule has 0 bridgehead atoms. The molecule has 1 unspecified atom stereocenters. The molecule has 0 saturated carbocycles. The number of unbranched alkanes of at least 4 members (excludes halogenated alkanes) is 2. The van der Waals surface area contributed by atoms with Crippen LogP contribution in [-0.2, 0) is 11.2 Å². The molecule has 1 N–H and O–H groups in total. The van der Waals surface area contributed by atoms with Gasteiger partial charge in [0, 0.05) is 36.1 Å². The Morgan fingerprint density at radius 1 is 1.35 bits per heavy atom. The van der Waals surface area contributed by atoms with Crippen LogP contribution in [0.4, 0.5) is 5.13 Å². The number of nitrogens with one attached hydrogen (secondary N) is 1. The number of anilines is 1. The molecule has 0 aliphatic carbocycles. The van der Waals surface area contributed by atoms with Crippen molar-refractivity contribution < 1.29 is 4.79 Å². The molecule has 1 aliphatic rings. The number of rotatable bonds is 8. The first kappa shape index (κ1) is 19.1. The maximum absolute atomic E-state index is 12.5. The SMILES string of the molecule is CCCCCNC(=O)C1CCCN1c1nc(Cc2ccc(Cl)cc2)ns1. The molecule has 0 radical (unpaired) electrons. The van der Waals surface area contributed by atoms with Crippen LogP contribution in [0.25, 0.3) is 0 Å². The summed E-state index contributed by atoms with van der Waals surface area (Å²) in [5.41, 5.74) is 1.13. The Hall–Kier alpha value is -1.66. The fraction of sp³-hybridized carbons (Fsp3) is 0.526. The number of amides is 1. The Morgan fingerprint density at radius 3 is 2.92 bits per heavy atom. The molecule has 1 amide bonds. The first-order valence-electron chi connectivity index (χ1n) is 9.28. The van der Waals surface area contributed by atoms with Crippen LogP contribution in [0.5, 0.6) is 0 Å². The lowest BCUT2D eigenvalue weighted by atomic mass is 10.1. The van der Waals surface area contributed by atoms with Crippen molar-refractivity contribution in [2.45, 2.75) is 51.5 Å². The minimum absolute atomic E-state index is 0.118. The van der Waals surface area contributed by atoms with Crippen LogP contribution >= 0.6 is 23.1 Å². The minimum Gasteiger partial charge on any atom is -0.354 e. The number of nitrogens with zero attached hydrogens (tertiary/aromatic N) is 3. The molecule has 1 atom stereocenters. The second-order valence-corrected chi connectivity index (χ2v) is 7.81. The standard InChI is InChI=1S/C19H25ClN4OS/c1-2-3-4-11-21-18(25)16-6-5-12-24(16)19-22-17(23-26-19)13-14-7-9-15(20)10-8-14/h7-10,16H,2-6,11-13H2,1H3,(H,21,25). The summed E-state index contributed by atoms with van der Waals surface area (Å²) in [5, 5.41) is 4.65. The van der Waals surface area contributed by atoms with E-state index >= 15 is 0 Å². The van der Waals surface area contributed by atoms with Crippen LogP contribution in [0.2, 0.25) is 5.02 Å². The monoisotopic (exact) mass is 392 g/mol. The van der Waals surface area contributed by atoms with Crippen molar-refractivity contribution in [1.82, 2.24) is 14.7 Å². The largest absolute Gasteiger partial charge is 0.354 e. The molecule has 1 saturated heterocycles. The smallest absolute Gasteiger partial charge is 0.242 e. The molecule has 140 valence electrons. The number of carbonyl (C=O) groups is 1. The third kappa shape index (κ3) is 4.95. The van der Waals surface area contributed by atoms with E-state index in [0.29, 0.717) is 6.42 Å². The second-order valence-electron chi connectivity index (χ2n) is 6.65. The van der Waals surface area contributed by atoms with Gasteiger partial charge in [0.1, 0.15) is 11.9 Å². The molecular formula is C19H25ClN4OS. The van der Waals surface area contributed by atoms with Crippen LogP contribution < -0.4 is 10.2 Å². The first-order chi connectivity index (χ1) is 12.7. The first-order valence-corrected chi connectivity index (χ1v) is 10.4. The fourth-order valence-electron chi connectivity index (χ4n) is 3.19. The summed E-state index contributed by atoms with van der Waals surface area (Å²) in [5.74, 6) is 0.911. The molecule has 7 heteroatoms. The van der Waals surface area contributed by atoms with Crippen LogP contribution in [0, 0.1) is 0 Å². The topological polar surface area (TPSA) is 58.1 Å². The molecule has 2 aromatic rings.